The van der Waals surface area contributed by atoms with Crippen LogP contribution in [0.15, 0.2) is 0 Å². The van der Waals surface area contributed by atoms with Crippen molar-refractivity contribution >= 4 is 23.5 Å². The zero-order valence-electron chi connectivity index (χ0n) is 4.52. The molecule has 0 amide bonds. The van der Waals surface area contributed by atoms with Crippen molar-refractivity contribution in [3.8, 4) is 0 Å². The van der Waals surface area contributed by atoms with Crippen molar-refractivity contribution in [2.24, 2.45) is 0 Å². The lowest BCUT2D eigenvalue weighted by atomic mass is 10.6. The molecule has 0 N–H and O–H groups in total. The van der Waals surface area contributed by atoms with Crippen LogP contribution in [0.5, 0.6) is 0 Å². The summed E-state index contributed by atoms with van der Waals surface area (Å²) in [4.78, 5) is 0. The summed E-state index contributed by atoms with van der Waals surface area (Å²) in [6.07, 6.45) is 1.30. The van der Waals surface area contributed by atoms with E-state index in [0.29, 0.717) is 0 Å². The van der Waals surface area contributed by atoms with E-state index >= 15 is 0 Å². The van der Waals surface area contributed by atoms with Crippen LogP contribution >= 0.6 is 23.5 Å². The van der Waals surface area contributed by atoms with Crippen molar-refractivity contribution in [2.45, 2.75) is 6.42 Å². The summed E-state index contributed by atoms with van der Waals surface area (Å²) >= 11 is 3.50. The fourth-order valence-corrected chi connectivity index (χ4v) is 2.33. The third kappa shape index (κ3) is 1.43. The summed E-state index contributed by atoms with van der Waals surface area (Å²) in [6.45, 7) is 0. The van der Waals surface area contributed by atoms with E-state index in [1.54, 1.807) is 23.5 Å². The third-order valence-corrected chi connectivity index (χ3v) is 2.80. The van der Waals surface area contributed by atoms with Crippen molar-refractivity contribution in [3.63, 3.8) is 0 Å². The molecule has 0 aromatic rings. The Bertz CT molecular complexity index is 51.7. The summed E-state index contributed by atoms with van der Waals surface area (Å²) in [5, 5.41) is 0.119. The molecule has 0 aromatic heterocycles. The minimum Gasteiger partial charge on any atom is -0.151 e. The molecule has 0 aromatic carbocycles. The zero-order chi connectivity index (χ0) is 5.11. The van der Waals surface area contributed by atoms with Gasteiger partial charge in [-0.3, -0.25) is 0 Å². The maximum atomic E-state index is 7.20. The number of hydrogen-bond acceptors (Lipinski definition) is 2. The van der Waals surface area contributed by atoms with Crippen molar-refractivity contribution in [1.82, 2.24) is 0 Å². The molecule has 0 unspecified atom stereocenters. The van der Waals surface area contributed by atoms with E-state index in [1.807, 2.05) is 0 Å². The van der Waals surface area contributed by atoms with Crippen LogP contribution in [0.1, 0.15) is 7.79 Å². The standard InChI is InChI=1S/C4H8S2/c1-2-5-4-6-3-1/h1-4H2/i4D. The monoisotopic (exact) mass is 121 g/mol. The summed E-state index contributed by atoms with van der Waals surface area (Å²) in [5.41, 5.74) is 0. The van der Waals surface area contributed by atoms with Crippen molar-refractivity contribution in [1.29, 1.82) is 0 Å². The quantitative estimate of drug-likeness (QED) is 0.479. The molecule has 1 heterocycles. The van der Waals surface area contributed by atoms with Gasteiger partial charge in [0.15, 0.2) is 0 Å². The van der Waals surface area contributed by atoms with Crippen molar-refractivity contribution < 1.29 is 1.37 Å². The first-order valence-corrected chi connectivity index (χ1v) is 4.15. The summed E-state index contributed by atoms with van der Waals surface area (Å²) in [7, 11) is 0. The van der Waals surface area contributed by atoms with Gasteiger partial charge >= 0.3 is 0 Å². The van der Waals surface area contributed by atoms with Gasteiger partial charge in [0.1, 0.15) is 0 Å². The molecular weight excluding hydrogens is 112 g/mol. The Morgan fingerprint density at radius 3 is 2.33 bits per heavy atom. The van der Waals surface area contributed by atoms with E-state index in [1.165, 1.54) is 17.9 Å². The normalized spacial score (nSPS) is 29.7. The minimum atomic E-state index is 0.119. The van der Waals surface area contributed by atoms with E-state index in [0.717, 1.165) is 0 Å². The predicted octanol–water partition coefficient (Wildman–Crippen LogP) is 1.81. The number of thioether (sulfide) groups is 2. The number of hydrogen-bond donors (Lipinski definition) is 0. The van der Waals surface area contributed by atoms with Crippen LogP contribution in [0, 0.1) is 0 Å². The Morgan fingerprint density at radius 1 is 1.33 bits per heavy atom. The van der Waals surface area contributed by atoms with Crippen LogP contribution < -0.4 is 0 Å². The lowest BCUT2D eigenvalue weighted by molar-refractivity contribution is 1.12. The Balaban J connectivity index is 2.12. The molecule has 2 heteroatoms. The lowest BCUT2D eigenvalue weighted by Crippen LogP contribution is -1.90. The van der Waals surface area contributed by atoms with Crippen molar-refractivity contribution in [2.75, 3.05) is 16.6 Å². The van der Waals surface area contributed by atoms with Gasteiger partial charge in [-0.25, -0.2) is 0 Å². The van der Waals surface area contributed by atoms with Gasteiger partial charge in [-0.2, -0.15) is 23.5 Å². The Kier molecular flexibility index (Phi) is 1.72. The Hall–Kier alpha value is 0.700. The molecule has 1 saturated heterocycles. The highest BCUT2D eigenvalue weighted by Crippen LogP contribution is 2.19. The Labute approximate surface area is 48.5 Å². The highest BCUT2D eigenvalue weighted by atomic mass is 32.2. The molecule has 0 spiro atoms. The zero-order valence-corrected chi connectivity index (χ0v) is 5.15. The second-order valence-electron chi connectivity index (χ2n) is 1.19. The average Bonchev–Trinajstić information content (AvgIpc) is 1.69. The predicted molar refractivity (Wildman–Crippen MR) is 34.4 cm³/mol. The molecule has 0 bridgehead atoms. The molecule has 1 rings (SSSR count). The van der Waals surface area contributed by atoms with E-state index in [9.17, 15) is 0 Å². The average molecular weight is 121 g/mol. The van der Waals surface area contributed by atoms with Gasteiger partial charge in [0.25, 0.3) is 0 Å². The molecule has 6 heavy (non-hydrogen) atoms. The topological polar surface area (TPSA) is 0 Å². The van der Waals surface area contributed by atoms with Gasteiger partial charge in [0.05, 0.1) is 0 Å². The molecule has 0 atom stereocenters. The van der Waals surface area contributed by atoms with Gasteiger partial charge in [0.2, 0.25) is 0 Å². The van der Waals surface area contributed by atoms with Gasteiger partial charge < -0.3 is 0 Å². The van der Waals surface area contributed by atoms with Gasteiger partial charge in [-0.05, 0) is 17.9 Å². The summed E-state index contributed by atoms with van der Waals surface area (Å²) < 4.78 is 7.20. The fraction of sp³-hybridized carbons (Fsp3) is 1.00. The van der Waals surface area contributed by atoms with E-state index in [2.05, 4.69) is 0 Å². The maximum Gasteiger partial charge on any atom is 0.0496 e. The van der Waals surface area contributed by atoms with E-state index in [-0.39, 0.29) is 5.06 Å². The molecule has 0 radical (unpaired) electrons. The van der Waals surface area contributed by atoms with Crippen LogP contribution in [0.4, 0.5) is 0 Å². The minimum absolute atomic E-state index is 0.119. The largest absolute Gasteiger partial charge is 0.151 e. The molecule has 0 saturated carbocycles. The highest BCUT2D eigenvalue weighted by Gasteiger charge is 1.95. The first-order valence-electron chi connectivity index (χ1n) is 2.63. The first-order chi connectivity index (χ1) is 3.39. The molecule has 0 aliphatic carbocycles. The summed E-state index contributed by atoms with van der Waals surface area (Å²) in [6, 6.07) is 0. The summed E-state index contributed by atoms with van der Waals surface area (Å²) in [5.74, 6) is 2.39. The molecule has 1 fully saturated rings. The van der Waals surface area contributed by atoms with E-state index < -0.39 is 0 Å². The first kappa shape index (κ1) is 3.67. The highest BCUT2D eigenvalue weighted by molar-refractivity contribution is 8.16. The van der Waals surface area contributed by atoms with Crippen LogP contribution in [-0.2, 0) is 0 Å². The molecule has 36 valence electrons. The van der Waals surface area contributed by atoms with E-state index in [4.69, 9.17) is 1.37 Å². The SMILES string of the molecule is [2H]C1SCCCS1. The van der Waals surface area contributed by atoms with Gasteiger partial charge in [-0.15, -0.1) is 0 Å². The number of rotatable bonds is 0. The molecule has 0 nitrogen and oxygen atoms in total. The third-order valence-electron chi connectivity index (χ3n) is 0.660. The van der Waals surface area contributed by atoms with Crippen LogP contribution in [0.2, 0.25) is 0 Å². The molecular formula is C4H8S2. The smallest absolute Gasteiger partial charge is 0.0496 e. The van der Waals surface area contributed by atoms with Crippen LogP contribution in [-0.4, -0.2) is 16.6 Å². The van der Waals surface area contributed by atoms with Gasteiger partial charge in [-0.1, -0.05) is 0 Å². The molecule has 1 aliphatic heterocycles. The maximum absolute atomic E-state index is 7.20. The lowest BCUT2D eigenvalue weighted by Gasteiger charge is -2.05. The fourth-order valence-electron chi connectivity index (χ4n) is 0.370. The second-order valence-corrected chi connectivity index (χ2v) is 3.44. The van der Waals surface area contributed by atoms with Crippen molar-refractivity contribution in [3.05, 3.63) is 0 Å². The van der Waals surface area contributed by atoms with Gasteiger partial charge in [0, 0.05) is 6.43 Å². The Morgan fingerprint density at radius 2 is 2.00 bits per heavy atom. The van der Waals surface area contributed by atoms with Crippen LogP contribution in [0.3, 0.4) is 0 Å². The molecule has 1 aliphatic rings. The second kappa shape index (κ2) is 2.80. The van der Waals surface area contributed by atoms with Crippen LogP contribution in [0.25, 0.3) is 0 Å².